The summed E-state index contributed by atoms with van der Waals surface area (Å²) >= 11 is 0. The van der Waals surface area contributed by atoms with E-state index in [1.54, 1.807) is 30.6 Å². The maximum absolute atomic E-state index is 13.0. The van der Waals surface area contributed by atoms with E-state index in [9.17, 15) is 9.18 Å². The Morgan fingerprint density at radius 3 is 2.75 bits per heavy atom. The van der Waals surface area contributed by atoms with Crippen LogP contribution in [0.15, 0.2) is 47.5 Å². The molecule has 3 aromatic rings. The lowest BCUT2D eigenvalue weighted by Gasteiger charge is -2.14. The maximum Gasteiger partial charge on any atom is 0.336 e. The van der Waals surface area contributed by atoms with Crippen LogP contribution in [0.2, 0.25) is 0 Å². The molecule has 7 heteroatoms. The number of aliphatic hydroxyl groups is 1. The summed E-state index contributed by atoms with van der Waals surface area (Å²) in [5.41, 5.74) is 1.61. The van der Waals surface area contributed by atoms with Crippen molar-refractivity contribution in [2.45, 2.75) is 25.2 Å². The number of halogens is 1. The van der Waals surface area contributed by atoms with Crippen molar-refractivity contribution in [1.29, 1.82) is 0 Å². The van der Waals surface area contributed by atoms with Gasteiger partial charge >= 0.3 is 5.69 Å². The fourth-order valence-electron chi connectivity index (χ4n) is 3.01. The van der Waals surface area contributed by atoms with E-state index in [0.717, 1.165) is 12.0 Å². The van der Waals surface area contributed by atoms with Gasteiger partial charge in [0.25, 0.3) is 0 Å². The van der Waals surface area contributed by atoms with Crippen molar-refractivity contribution in [3.8, 4) is 11.3 Å². The molecule has 1 unspecified atom stereocenters. The zero-order valence-corrected chi connectivity index (χ0v) is 12.8. The molecule has 1 saturated heterocycles. The lowest BCUT2D eigenvalue weighted by Crippen LogP contribution is -2.29. The molecule has 0 amide bonds. The average Bonchev–Trinajstić information content (AvgIpc) is 3.23. The number of rotatable bonds is 3. The van der Waals surface area contributed by atoms with Crippen LogP contribution in [0.5, 0.6) is 0 Å². The molecule has 0 radical (unpaired) electrons. The first-order valence-corrected chi connectivity index (χ1v) is 7.78. The molecule has 0 spiro atoms. The fraction of sp³-hybridized carbons (Fsp3) is 0.294. The number of aromatic nitrogens is 3. The van der Waals surface area contributed by atoms with Crippen molar-refractivity contribution < 1.29 is 14.2 Å². The summed E-state index contributed by atoms with van der Waals surface area (Å²) in [6.45, 7) is -0.0483. The molecule has 1 N–H and O–H groups in total. The first-order chi connectivity index (χ1) is 11.7. The zero-order valence-electron chi connectivity index (χ0n) is 12.8. The third-order valence-corrected chi connectivity index (χ3v) is 4.28. The van der Waals surface area contributed by atoms with E-state index >= 15 is 0 Å². The van der Waals surface area contributed by atoms with Crippen LogP contribution in [0.25, 0.3) is 16.9 Å². The predicted molar refractivity (Wildman–Crippen MR) is 85.1 cm³/mol. The number of imidazole rings is 1. The van der Waals surface area contributed by atoms with Gasteiger partial charge in [-0.2, -0.15) is 0 Å². The minimum absolute atomic E-state index is 0.0483. The molecule has 2 atom stereocenters. The van der Waals surface area contributed by atoms with Gasteiger partial charge < -0.3 is 9.84 Å². The summed E-state index contributed by atoms with van der Waals surface area (Å²) in [7, 11) is 0. The topological polar surface area (TPSA) is 68.8 Å². The molecule has 0 bridgehead atoms. The van der Waals surface area contributed by atoms with Crippen molar-refractivity contribution in [3.05, 3.63) is 59.0 Å². The highest BCUT2D eigenvalue weighted by atomic mass is 19.1. The van der Waals surface area contributed by atoms with Gasteiger partial charge in [0.2, 0.25) is 0 Å². The van der Waals surface area contributed by atoms with Gasteiger partial charge in [-0.05, 0) is 43.2 Å². The summed E-state index contributed by atoms with van der Waals surface area (Å²) in [5, 5.41) is 9.17. The SMILES string of the molecule is O=c1n([C@@H]2CCC(CO)O2)ccc2nc(-c3ccc(F)cc3)cn12. The zero-order chi connectivity index (χ0) is 16.7. The number of fused-ring (bicyclic) bond motifs is 1. The van der Waals surface area contributed by atoms with Gasteiger partial charge in [-0.1, -0.05) is 0 Å². The van der Waals surface area contributed by atoms with Gasteiger partial charge in [0.15, 0.2) is 0 Å². The number of nitrogens with zero attached hydrogens (tertiary/aromatic N) is 3. The fourth-order valence-corrected chi connectivity index (χ4v) is 3.01. The van der Waals surface area contributed by atoms with Gasteiger partial charge in [-0.3, -0.25) is 8.97 Å². The highest BCUT2D eigenvalue weighted by molar-refractivity contribution is 5.62. The largest absolute Gasteiger partial charge is 0.394 e. The number of aliphatic hydroxyl groups excluding tert-OH is 1. The van der Waals surface area contributed by atoms with Crippen LogP contribution < -0.4 is 5.69 Å². The van der Waals surface area contributed by atoms with Crippen molar-refractivity contribution in [2.24, 2.45) is 0 Å². The molecular formula is C17H16FN3O3. The summed E-state index contributed by atoms with van der Waals surface area (Å²) in [6.07, 6.45) is 4.08. The minimum atomic E-state index is -0.379. The maximum atomic E-state index is 13.0. The quantitative estimate of drug-likeness (QED) is 0.798. The first kappa shape index (κ1) is 15.0. The standard InChI is InChI=1S/C17H16FN3O3/c18-12-3-1-11(2-4-12)14-9-21-15(19-14)7-8-20(17(21)23)16-6-5-13(10-22)24-16/h1-4,7-9,13,16,22H,5-6,10H2/t13?,16-/m0/s1. The molecule has 1 aliphatic rings. The third kappa shape index (κ3) is 2.51. The molecule has 6 nitrogen and oxygen atoms in total. The van der Waals surface area contributed by atoms with Crippen LogP contribution >= 0.6 is 0 Å². The van der Waals surface area contributed by atoms with Crippen LogP contribution in [0, 0.1) is 5.82 Å². The Kier molecular flexibility index (Phi) is 3.66. The van der Waals surface area contributed by atoms with E-state index in [4.69, 9.17) is 9.84 Å². The van der Waals surface area contributed by atoms with E-state index in [0.29, 0.717) is 17.8 Å². The predicted octanol–water partition coefficient (Wildman–Crippen LogP) is 1.97. The minimum Gasteiger partial charge on any atom is -0.394 e. The Morgan fingerprint density at radius 2 is 2.04 bits per heavy atom. The normalized spacial score (nSPS) is 20.8. The van der Waals surface area contributed by atoms with Crippen LogP contribution in [-0.2, 0) is 4.74 Å². The summed E-state index contributed by atoms with van der Waals surface area (Å²) in [6, 6.07) is 7.71. The van der Waals surface area contributed by atoms with Gasteiger partial charge in [0.05, 0.1) is 18.4 Å². The van der Waals surface area contributed by atoms with Crippen LogP contribution in [0.1, 0.15) is 19.1 Å². The Hall–Kier alpha value is -2.51. The molecule has 1 aromatic carbocycles. The molecule has 0 aliphatic carbocycles. The smallest absolute Gasteiger partial charge is 0.336 e. The van der Waals surface area contributed by atoms with Crippen molar-refractivity contribution in [3.63, 3.8) is 0 Å². The Labute approximate surface area is 136 Å². The van der Waals surface area contributed by atoms with E-state index in [1.165, 1.54) is 21.1 Å². The lowest BCUT2D eigenvalue weighted by atomic mass is 10.2. The van der Waals surface area contributed by atoms with Crippen LogP contribution in [0.3, 0.4) is 0 Å². The molecule has 124 valence electrons. The third-order valence-electron chi connectivity index (χ3n) is 4.28. The molecular weight excluding hydrogens is 313 g/mol. The summed E-state index contributed by atoms with van der Waals surface area (Å²) < 4.78 is 21.7. The van der Waals surface area contributed by atoms with E-state index in [2.05, 4.69) is 4.98 Å². The highest BCUT2D eigenvalue weighted by Crippen LogP contribution is 2.27. The van der Waals surface area contributed by atoms with Crippen molar-refractivity contribution in [1.82, 2.24) is 14.0 Å². The van der Waals surface area contributed by atoms with Gasteiger partial charge in [-0.15, -0.1) is 0 Å². The number of ether oxygens (including phenoxy) is 1. The Bertz CT molecular complexity index is 932. The monoisotopic (exact) mass is 329 g/mol. The van der Waals surface area contributed by atoms with Gasteiger partial charge in [0, 0.05) is 18.0 Å². The highest BCUT2D eigenvalue weighted by Gasteiger charge is 2.27. The van der Waals surface area contributed by atoms with Crippen LogP contribution in [-0.4, -0.2) is 31.8 Å². The molecule has 2 aromatic heterocycles. The Morgan fingerprint density at radius 1 is 1.25 bits per heavy atom. The molecule has 24 heavy (non-hydrogen) atoms. The van der Waals surface area contributed by atoms with Crippen LogP contribution in [0.4, 0.5) is 4.39 Å². The lowest BCUT2D eigenvalue weighted by molar-refractivity contribution is -0.0247. The second-order valence-corrected chi connectivity index (χ2v) is 5.84. The number of benzene rings is 1. The van der Waals surface area contributed by atoms with E-state index < -0.39 is 0 Å². The number of hydrogen-bond donors (Lipinski definition) is 1. The van der Waals surface area contributed by atoms with Gasteiger partial charge in [0.1, 0.15) is 17.7 Å². The summed E-state index contributed by atoms with van der Waals surface area (Å²) in [4.78, 5) is 17.1. The number of hydrogen-bond acceptors (Lipinski definition) is 4. The first-order valence-electron chi connectivity index (χ1n) is 7.78. The average molecular weight is 329 g/mol. The van der Waals surface area contributed by atoms with Gasteiger partial charge in [-0.25, -0.2) is 14.2 Å². The molecule has 1 aliphatic heterocycles. The molecule has 0 saturated carbocycles. The van der Waals surface area contributed by atoms with Crippen molar-refractivity contribution >= 4 is 5.65 Å². The second kappa shape index (κ2) is 5.85. The van der Waals surface area contributed by atoms with E-state index in [-0.39, 0.29) is 30.4 Å². The van der Waals surface area contributed by atoms with E-state index in [1.807, 2.05) is 0 Å². The molecule has 3 heterocycles. The second-order valence-electron chi connectivity index (χ2n) is 5.84. The summed E-state index contributed by atoms with van der Waals surface area (Å²) in [5.74, 6) is -0.318. The molecule has 1 fully saturated rings. The Balaban J connectivity index is 1.74. The van der Waals surface area contributed by atoms with Crippen molar-refractivity contribution in [2.75, 3.05) is 6.61 Å². The molecule has 4 rings (SSSR count).